The van der Waals surface area contributed by atoms with E-state index in [1.807, 2.05) is 60.0 Å². The summed E-state index contributed by atoms with van der Waals surface area (Å²) in [4.78, 5) is 12.3. The summed E-state index contributed by atoms with van der Waals surface area (Å²) >= 11 is 1.37. The van der Waals surface area contributed by atoms with E-state index in [4.69, 9.17) is 9.47 Å². The molecule has 0 spiro atoms. The summed E-state index contributed by atoms with van der Waals surface area (Å²) in [7, 11) is 0. The molecule has 1 amide bonds. The van der Waals surface area contributed by atoms with Crippen molar-refractivity contribution in [2.45, 2.75) is 25.0 Å². The van der Waals surface area contributed by atoms with Gasteiger partial charge in [-0.3, -0.25) is 9.36 Å². The molecular weight excluding hydrogens is 376 g/mol. The maximum absolute atomic E-state index is 12.3. The number of fused-ring (bicyclic) bond motifs is 1. The predicted molar refractivity (Wildman–Crippen MR) is 106 cm³/mol. The van der Waals surface area contributed by atoms with Crippen LogP contribution in [0.2, 0.25) is 0 Å². The molecule has 0 fully saturated rings. The average Bonchev–Trinajstić information content (AvgIpc) is 3.37. The minimum absolute atomic E-state index is 0.0664. The SMILES string of the molecule is CCc1nnc(SCC(=O)NCc2ccc3c(c2)OCO3)n1-c1ccccc1. The second-order valence-corrected chi connectivity index (χ2v) is 7.12. The van der Waals surface area contributed by atoms with E-state index < -0.39 is 0 Å². The zero-order chi connectivity index (χ0) is 19.3. The number of para-hydroxylation sites is 1. The highest BCUT2D eigenvalue weighted by Crippen LogP contribution is 2.32. The van der Waals surface area contributed by atoms with Crippen LogP contribution in [-0.4, -0.2) is 33.2 Å². The van der Waals surface area contributed by atoms with Crippen LogP contribution in [0.15, 0.2) is 53.7 Å². The average molecular weight is 396 g/mol. The van der Waals surface area contributed by atoms with E-state index in [1.165, 1.54) is 11.8 Å². The van der Waals surface area contributed by atoms with E-state index in [-0.39, 0.29) is 18.5 Å². The van der Waals surface area contributed by atoms with Gasteiger partial charge in [0.1, 0.15) is 5.82 Å². The van der Waals surface area contributed by atoms with Crippen molar-refractivity contribution in [1.29, 1.82) is 0 Å². The molecule has 2 aromatic carbocycles. The maximum Gasteiger partial charge on any atom is 0.231 e. The predicted octanol–water partition coefficient (Wildman–Crippen LogP) is 2.97. The number of aromatic nitrogens is 3. The fraction of sp³-hybridized carbons (Fsp3) is 0.250. The summed E-state index contributed by atoms with van der Waals surface area (Å²) in [6, 6.07) is 15.6. The summed E-state index contributed by atoms with van der Waals surface area (Å²) in [5.41, 5.74) is 1.95. The number of rotatable bonds is 7. The van der Waals surface area contributed by atoms with E-state index in [0.29, 0.717) is 17.5 Å². The highest BCUT2D eigenvalue weighted by atomic mass is 32.2. The summed E-state index contributed by atoms with van der Waals surface area (Å²) in [5.74, 6) is 2.51. The van der Waals surface area contributed by atoms with E-state index >= 15 is 0 Å². The molecule has 0 unspecified atom stereocenters. The van der Waals surface area contributed by atoms with Crippen molar-refractivity contribution in [2.75, 3.05) is 12.5 Å². The molecule has 1 N–H and O–H groups in total. The van der Waals surface area contributed by atoms with Gasteiger partial charge in [0, 0.05) is 18.7 Å². The van der Waals surface area contributed by atoms with Crippen molar-refractivity contribution in [3.63, 3.8) is 0 Å². The van der Waals surface area contributed by atoms with Crippen molar-refractivity contribution < 1.29 is 14.3 Å². The normalized spacial score (nSPS) is 12.2. The van der Waals surface area contributed by atoms with Gasteiger partial charge in [-0.1, -0.05) is 43.0 Å². The topological polar surface area (TPSA) is 78.3 Å². The molecule has 0 saturated heterocycles. The molecule has 144 valence electrons. The zero-order valence-corrected chi connectivity index (χ0v) is 16.2. The minimum atomic E-state index is -0.0664. The van der Waals surface area contributed by atoms with Crippen molar-refractivity contribution in [3.05, 3.63) is 59.9 Å². The largest absolute Gasteiger partial charge is 0.454 e. The molecule has 0 aliphatic carbocycles. The number of nitrogens with zero attached hydrogens (tertiary/aromatic N) is 3. The van der Waals surface area contributed by atoms with Crippen LogP contribution in [0.3, 0.4) is 0 Å². The monoisotopic (exact) mass is 396 g/mol. The zero-order valence-electron chi connectivity index (χ0n) is 15.4. The molecule has 4 rings (SSSR count). The number of carbonyl (C=O) groups is 1. The summed E-state index contributed by atoms with van der Waals surface area (Å²) in [5, 5.41) is 12.1. The Labute approximate surface area is 167 Å². The Morgan fingerprint density at radius 2 is 1.96 bits per heavy atom. The van der Waals surface area contributed by atoms with Crippen molar-refractivity contribution in [1.82, 2.24) is 20.1 Å². The van der Waals surface area contributed by atoms with Gasteiger partial charge in [-0.15, -0.1) is 10.2 Å². The van der Waals surface area contributed by atoms with Crippen molar-refractivity contribution in [2.24, 2.45) is 0 Å². The number of hydrogen-bond acceptors (Lipinski definition) is 6. The Bertz CT molecular complexity index is 975. The molecule has 7 nitrogen and oxygen atoms in total. The second-order valence-electron chi connectivity index (χ2n) is 6.18. The van der Waals surface area contributed by atoms with Gasteiger partial charge in [-0.25, -0.2) is 0 Å². The number of amides is 1. The first-order valence-electron chi connectivity index (χ1n) is 9.02. The number of thioether (sulfide) groups is 1. The number of aryl methyl sites for hydroxylation is 1. The fourth-order valence-electron chi connectivity index (χ4n) is 2.89. The molecule has 0 saturated carbocycles. The number of hydrogen-bond donors (Lipinski definition) is 1. The molecule has 3 aromatic rings. The number of ether oxygens (including phenoxy) is 2. The number of carbonyl (C=O) groups excluding carboxylic acids is 1. The molecule has 8 heteroatoms. The molecule has 28 heavy (non-hydrogen) atoms. The highest BCUT2D eigenvalue weighted by Gasteiger charge is 2.16. The third kappa shape index (κ3) is 3.96. The molecule has 1 aromatic heterocycles. The van der Waals surface area contributed by atoms with Crippen LogP contribution in [-0.2, 0) is 17.8 Å². The van der Waals surface area contributed by atoms with Crippen molar-refractivity contribution in [3.8, 4) is 17.2 Å². The quantitative estimate of drug-likeness (QED) is 0.619. The summed E-state index contributed by atoms with van der Waals surface area (Å²) < 4.78 is 12.7. The van der Waals surface area contributed by atoms with Gasteiger partial charge in [-0.2, -0.15) is 0 Å². The molecule has 1 aliphatic rings. The van der Waals surface area contributed by atoms with Gasteiger partial charge in [0.2, 0.25) is 12.7 Å². The molecular formula is C20H20N4O3S. The highest BCUT2D eigenvalue weighted by molar-refractivity contribution is 7.99. The lowest BCUT2D eigenvalue weighted by atomic mass is 10.2. The van der Waals surface area contributed by atoms with E-state index in [9.17, 15) is 4.79 Å². The Morgan fingerprint density at radius 1 is 1.14 bits per heavy atom. The first-order chi connectivity index (χ1) is 13.7. The lowest BCUT2D eigenvalue weighted by molar-refractivity contribution is -0.118. The van der Waals surface area contributed by atoms with Crippen LogP contribution >= 0.6 is 11.8 Å². The van der Waals surface area contributed by atoms with Gasteiger partial charge >= 0.3 is 0 Å². The van der Waals surface area contributed by atoms with E-state index in [0.717, 1.165) is 29.2 Å². The number of benzene rings is 2. The van der Waals surface area contributed by atoms with E-state index in [2.05, 4.69) is 15.5 Å². The lowest BCUT2D eigenvalue weighted by Gasteiger charge is -2.09. The van der Waals surface area contributed by atoms with Crippen LogP contribution < -0.4 is 14.8 Å². The maximum atomic E-state index is 12.3. The summed E-state index contributed by atoms with van der Waals surface area (Å²) in [6.45, 7) is 2.71. The standard InChI is InChI=1S/C20H20N4O3S/c1-2-18-22-23-20(24(18)15-6-4-3-5-7-15)28-12-19(25)21-11-14-8-9-16-17(10-14)27-13-26-16/h3-10H,2,11-13H2,1H3,(H,21,25). The van der Waals surface area contributed by atoms with Crippen LogP contribution in [0.25, 0.3) is 5.69 Å². The van der Waals surface area contributed by atoms with Crippen molar-refractivity contribution >= 4 is 17.7 Å². The smallest absolute Gasteiger partial charge is 0.231 e. The summed E-state index contributed by atoms with van der Waals surface area (Å²) in [6.07, 6.45) is 0.763. The second kappa shape index (κ2) is 8.35. The third-order valence-electron chi connectivity index (χ3n) is 4.29. The van der Waals surface area contributed by atoms with Gasteiger partial charge in [0.15, 0.2) is 16.7 Å². The molecule has 0 bridgehead atoms. The first kappa shape index (κ1) is 18.4. The van der Waals surface area contributed by atoms with Gasteiger partial charge < -0.3 is 14.8 Å². The minimum Gasteiger partial charge on any atom is -0.454 e. The van der Waals surface area contributed by atoms with Crippen LogP contribution in [0.4, 0.5) is 0 Å². The molecule has 0 radical (unpaired) electrons. The Balaban J connectivity index is 1.37. The lowest BCUT2D eigenvalue weighted by Crippen LogP contribution is -2.24. The molecule has 2 heterocycles. The third-order valence-corrected chi connectivity index (χ3v) is 5.22. The molecule has 0 atom stereocenters. The fourth-order valence-corrected chi connectivity index (χ4v) is 3.69. The Morgan fingerprint density at radius 3 is 2.79 bits per heavy atom. The Hall–Kier alpha value is -3.00. The van der Waals surface area contributed by atoms with Gasteiger partial charge in [0.25, 0.3) is 0 Å². The van der Waals surface area contributed by atoms with E-state index in [1.54, 1.807) is 0 Å². The molecule has 1 aliphatic heterocycles. The first-order valence-corrected chi connectivity index (χ1v) is 10.0. The van der Waals surface area contributed by atoms with Crippen LogP contribution in [0.1, 0.15) is 18.3 Å². The van der Waals surface area contributed by atoms with Gasteiger partial charge in [0.05, 0.1) is 5.75 Å². The Kier molecular flexibility index (Phi) is 5.48. The van der Waals surface area contributed by atoms with Crippen LogP contribution in [0, 0.1) is 0 Å². The van der Waals surface area contributed by atoms with Gasteiger partial charge in [-0.05, 0) is 29.8 Å². The number of nitrogens with one attached hydrogen (secondary N) is 1. The van der Waals surface area contributed by atoms with Crippen LogP contribution in [0.5, 0.6) is 11.5 Å².